The molecule has 0 aliphatic rings. The van der Waals surface area contributed by atoms with Crippen molar-refractivity contribution in [3.63, 3.8) is 0 Å². The Morgan fingerprint density at radius 3 is 2.57 bits per heavy atom. The van der Waals surface area contributed by atoms with E-state index in [9.17, 15) is 9.59 Å². The van der Waals surface area contributed by atoms with Crippen LogP contribution in [0.5, 0.6) is 5.75 Å². The first-order chi connectivity index (χ1) is 10.7. The summed E-state index contributed by atoms with van der Waals surface area (Å²) in [5.41, 5.74) is 0.706. The van der Waals surface area contributed by atoms with Crippen molar-refractivity contribution in [1.82, 2.24) is 10.2 Å². The molecular weight excluding hydrogens is 292 g/mol. The molecule has 128 valence electrons. The molecule has 1 aromatic carbocycles. The lowest BCUT2D eigenvalue weighted by Gasteiger charge is -2.20. The monoisotopic (exact) mass is 320 g/mol. The van der Waals surface area contributed by atoms with Crippen LogP contribution in [0.15, 0.2) is 24.3 Å². The van der Waals surface area contributed by atoms with Crippen molar-refractivity contribution in [2.45, 2.75) is 34.1 Å². The predicted octanol–water partition coefficient (Wildman–Crippen LogP) is 2.38. The molecule has 23 heavy (non-hydrogen) atoms. The molecular formula is C18H28N2O3. The zero-order valence-electron chi connectivity index (χ0n) is 14.8. The SMILES string of the molecule is Cc1cccc(OCCN(C)C(=O)CCNC(=O)C(C)(C)C)c1. The number of carbonyl (C=O) groups excluding carboxylic acids is 2. The summed E-state index contributed by atoms with van der Waals surface area (Å²) >= 11 is 0. The minimum atomic E-state index is -0.434. The number of aryl methyl sites for hydroxylation is 1. The molecule has 0 aromatic heterocycles. The van der Waals surface area contributed by atoms with E-state index in [1.807, 2.05) is 52.0 Å². The van der Waals surface area contributed by atoms with Gasteiger partial charge in [-0.2, -0.15) is 0 Å². The van der Waals surface area contributed by atoms with Crippen LogP contribution in [0, 0.1) is 12.3 Å². The Labute approximate surface area is 139 Å². The zero-order chi connectivity index (χ0) is 17.5. The highest BCUT2D eigenvalue weighted by atomic mass is 16.5. The van der Waals surface area contributed by atoms with Gasteiger partial charge in [0.15, 0.2) is 0 Å². The molecule has 1 aromatic rings. The van der Waals surface area contributed by atoms with Crippen LogP contribution in [0.3, 0.4) is 0 Å². The van der Waals surface area contributed by atoms with Crippen LogP contribution in [-0.2, 0) is 9.59 Å². The number of amides is 2. The Morgan fingerprint density at radius 1 is 1.26 bits per heavy atom. The lowest BCUT2D eigenvalue weighted by molar-refractivity contribution is -0.131. The van der Waals surface area contributed by atoms with E-state index < -0.39 is 5.41 Å². The summed E-state index contributed by atoms with van der Waals surface area (Å²) in [7, 11) is 1.74. The lowest BCUT2D eigenvalue weighted by Crippen LogP contribution is -2.38. The second-order valence-corrected chi connectivity index (χ2v) is 6.74. The summed E-state index contributed by atoms with van der Waals surface area (Å²) in [5.74, 6) is 0.756. The summed E-state index contributed by atoms with van der Waals surface area (Å²) < 4.78 is 5.63. The Hall–Kier alpha value is -2.04. The van der Waals surface area contributed by atoms with Gasteiger partial charge >= 0.3 is 0 Å². The van der Waals surface area contributed by atoms with Crippen LogP contribution >= 0.6 is 0 Å². The highest BCUT2D eigenvalue weighted by Gasteiger charge is 2.20. The molecule has 0 aliphatic heterocycles. The van der Waals surface area contributed by atoms with Gasteiger partial charge in [-0.15, -0.1) is 0 Å². The second kappa shape index (κ2) is 8.56. The molecule has 5 heteroatoms. The smallest absolute Gasteiger partial charge is 0.225 e. The molecule has 0 aliphatic carbocycles. The van der Waals surface area contributed by atoms with Crippen molar-refractivity contribution in [2.24, 2.45) is 5.41 Å². The van der Waals surface area contributed by atoms with Crippen molar-refractivity contribution >= 4 is 11.8 Å². The van der Waals surface area contributed by atoms with E-state index in [0.717, 1.165) is 11.3 Å². The van der Waals surface area contributed by atoms with Crippen molar-refractivity contribution < 1.29 is 14.3 Å². The van der Waals surface area contributed by atoms with E-state index >= 15 is 0 Å². The fourth-order valence-electron chi connectivity index (χ4n) is 1.87. The van der Waals surface area contributed by atoms with Gasteiger partial charge in [-0.1, -0.05) is 32.9 Å². The number of ether oxygens (including phenoxy) is 1. The number of hydrogen-bond acceptors (Lipinski definition) is 3. The van der Waals surface area contributed by atoms with Gasteiger partial charge in [0.25, 0.3) is 0 Å². The molecule has 2 amide bonds. The summed E-state index contributed by atoms with van der Waals surface area (Å²) in [6.45, 7) is 8.86. The number of benzene rings is 1. The Morgan fingerprint density at radius 2 is 1.96 bits per heavy atom. The number of nitrogens with one attached hydrogen (secondary N) is 1. The maximum absolute atomic E-state index is 12.0. The minimum Gasteiger partial charge on any atom is -0.492 e. The van der Waals surface area contributed by atoms with Gasteiger partial charge in [-0.3, -0.25) is 9.59 Å². The second-order valence-electron chi connectivity index (χ2n) is 6.74. The van der Waals surface area contributed by atoms with E-state index in [2.05, 4.69) is 5.32 Å². The van der Waals surface area contributed by atoms with Gasteiger partial charge in [0.1, 0.15) is 12.4 Å². The highest BCUT2D eigenvalue weighted by molar-refractivity contribution is 5.82. The quantitative estimate of drug-likeness (QED) is 0.839. The van der Waals surface area contributed by atoms with Crippen molar-refractivity contribution in [3.8, 4) is 5.75 Å². The fraction of sp³-hybridized carbons (Fsp3) is 0.556. The maximum Gasteiger partial charge on any atom is 0.225 e. The molecule has 0 heterocycles. The summed E-state index contributed by atoms with van der Waals surface area (Å²) in [6.07, 6.45) is 0.294. The van der Waals surface area contributed by atoms with Crippen LogP contribution in [0.25, 0.3) is 0 Å². The fourth-order valence-corrected chi connectivity index (χ4v) is 1.87. The van der Waals surface area contributed by atoms with Crippen LogP contribution in [0.4, 0.5) is 0 Å². The molecule has 0 unspecified atom stereocenters. The number of nitrogens with zero attached hydrogens (tertiary/aromatic N) is 1. The first kappa shape index (κ1) is 19.0. The van der Waals surface area contributed by atoms with Crippen LogP contribution < -0.4 is 10.1 Å². The largest absolute Gasteiger partial charge is 0.492 e. The molecule has 0 radical (unpaired) electrons. The first-order valence-electron chi connectivity index (χ1n) is 7.92. The molecule has 1 N–H and O–H groups in total. The minimum absolute atomic E-state index is 0.00736. The van der Waals surface area contributed by atoms with Gasteiger partial charge < -0.3 is 15.0 Å². The average Bonchev–Trinajstić information content (AvgIpc) is 2.46. The number of likely N-dealkylation sites (N-methyl/N-ethyl adjacent to an activating group) is 1. The Balaban J connectivity index is 2.25. The Bertz CT molecular complexity index is 535. The van der Waals surface area contributed by atoms with Crippen LogP contribution in [-0.4, -0.2) is 43.5 Å². The molecule has 0 spiro atoms. The lowest BCUT2D eigenvalue weighted by atomic mass is 9.96. The normalized spacial score (nSPS) is 11.0. The van der Waals surface area contributed by atoms with Gasteiger partial charge in [-0.25, -0.2) is 0 Å². The van der Waals surface area contributed by atoms with Gasteiger partial charge in [0.2, 0.25) is 11.8 Å². The molecule has 1 rings (SSSR count). The molecule has 0 fully saturated rings. The van der Waals surface area contributed by atoms with Gasteiger partial charge in [0.05, 0.1) is 6.54 Å². The van der Waals surface area contributed by atoms with E-state index in [0.29, 0.717) is 26.1 Å². The predicted molar refractivity (Wildman–Crippen MR) is 91.4 cm³/mol. The van der Waals surface area contributed by atoms with Crippen molar-refractivity contribution in [1.29, 1.82) is 0 Å². The molecule has 0 atom stereocenters. The number of carbonyl (C=O) groups is 2. The van der Waals surface area contributed by atoms with Crippen molar-refractivity contribution in [2.75, 3.05) is 26.7 Å². The third-order valence-electron chi connectivity index (χ3n) is 3.42. The Kier molecular flexibility index (Phi) is 7.07. The zero-order valence-corrected chi connectivity index (χ0v) is 14.8. The molecule has 0 saturated carbocycles. The van der Waals surface area contributed by atoms with Gasteiger partial charge in [0, 0.05) is 25.4 Å². The molecule has 0 saturated heterocycles. The highest BCUT2D eigenvalue weighted by Crippen LogP contribution is 2.13. The summed E-state index contributed by atoms with van der Waals surface area (Å²) in [4.78, 5) is 25.3. The van der Waals surface area contributed by atoms with Crippen LogP contribution in [0.2, 0.25) is 0 Å². The topological polar surface area (TPSA) is 58.6 Å². The third kappa shape index (κ3) is 7.17. The van der Waals surface area contributed by atoms with Crippen LogP contribution in [0.1, 0.15) is 32.8 Å². The van der Waals surface area contributed by atoms with E-state index in [1.165, 1.54) is 0 Å². The van der Waals surface area contributed by atoms with E-state index in [4.69, 9.17) is 4.74 Å². The average molecular weight is 320 g/mol. The summed E-state index contributed by atoms with van der Waals surface area (Å²) in [6, 6.07) is 7.81. The number of rotatable bonds is 7. The van der Waals surface area contributed by atoms with E-state index in [1.54, 1.807) is 11.9 Å². The maximum atomic E-state index is 12.0. The molecule has 5 nitrogen and oxygen atoms in total. The van der Waals surface area contributed by atoms with Crippen molar-refractivity contribution in [3.05, 3.63) is 29.8 Å². The van der Waals surface area contributed by atoms with Gasteiger partial charge in [-0.05, 0) is 24.6 Å². The molecule has 0 bridgehead atoms. The first-order valence-corrected chi connectivity index (χ1v) is 7.92. The third-order valence-corrected chi connectivity index (χ3v) is 3.42. The van der Waals surface area contributed by atoms with E-state index in [-0.39, 0.29) is 11.8 Å². The standard InChI is InChI=1S/C18H28N2O3/c1-14-7-6-8-15(13-14)23-12-11-20(5)16(21)9-10-19-17(22)18(2,3)4/h6-8,13H,9-12H2,1-5H3,(H,19,22). The number of hydrogen-bond donors (Lipinski definition) is 1. The summed E-state index contributed by atoms with van der Waals surface area (Å²) in [5, 5.41) is 2.78.